The second kappa shape index (κ2) is 8.91. The van der Waals surface area contributed by atoms with Gasteiger partial charge in [0, 0.05) is 17.5 Å². The van der Waals surface area contributed by atoms with E-state index >= 15 is 0 Å². The van der Waals surface area contributed by atoms with Crippen molar-refractivity contribution in [1.82, 2.24) is 10.0 Å². The number of hydrogen-bond acceptors (Lipinski definition) is 4. The van der Waals surface area contributed by atoms with Crippen molar-refractivity contribution in [3.8, 4) is 0 Å². The average molecular weight is 411 g/mol. The Morgan fingerprint density at radius 3 is 2.44 bits per heavy atom. The number of nitrogens with one attached hydrogen (secondary N) is 2. The van der Waals surface area contributed by atoms with Crippen molar-refractivity contribution < 1.29 is 17.6 Å². The Morgan fingerprint density at radius 1 is 1.11 bits per heavy atom. The number of halogens is 1. The van der Waals surface area contributed by atoms with E-state index in [4.69, 9.17) is 16.0 Å². The molecule has 1 aromatic carbocycles. The van der Waals surface area contributed by atoms with Crippen LogP contribution in [0.15, 0.2) is 52.0 Å². The normalized spacial score (nSPS) is 20.3. The van der Waals surface area contributed by atoms with Crippen LogP contribution in [0.25, 0.3) is 0 Å². The quantitative estimate of drug-likeness (QED) is 0.732. The summed E-state index contributed by atoms with van der Waals surface area (Å²) in [4.78, 5) is 12.5. The van der Waals surface area contributed by atoms with Crippen molar-refractivity contribution in [2.75, 3.05) is 6.54 Å². The maximum Gasteiger partial charge on any atom is 0.240 e. The molecule has 146 valence electrons. The predicted molar refractivity (Wildman–Crippen MR) is 103 cm³/mol. The van der Waals surface area contributed by atoms with E-state index in [1.807, 2.05) is 6.07 Å². The zero-order valence-corrected chi connectivity index (χ0v) is 16.4. The predicted octanol–water partition coefficient (Wildman–Crippen LogP) is 3.33. The zero-order chi connectivity index (χ0) is 19.3. The maximum absolute atomic E-state index is 12.3. The van der Waals surface area contributed by atoms with E-state index in [1.165, 1.54) is 12.1 Å². The van der Waals surface area contributed by atoms with Crippen molar-refractivity contribution in [2.45, 2.75) is 37.1 Å². The summed E-state index contributed by atoms with van der Waals surface area (Å²) >= 11 is 5.80. The number of benzene rings is 1. The van der Waals surface area contributed by atoms with Gasteiger partial charge in [-0.05, 0) is 68.0 Å². The minimum atomic E-state index is -3.54. The van der Waals surface area contributed by atoms with Gasteiger partial charge in [-0.3, -0.25) is 4.79 Å². The molecule has 0 saturated heterocycles. The number of sulfonamides is 1. The summed E-state index contributed by atoms with van der Waals surface area (Å²) in [6, 6.07) is 9.71. The van der Waals surface area contributed by atoms with Gasteiger partial charge in [0.25, 0.3) is 0 Å². The molecule has 0 aliphatic heterocycles. The molecular weight excluding hydrogens is 388 g/mol. The summed E-state index contributed by atoms with van der Waals surface area (Å²) in [6.45, 7) is 0.776. The first-order valence-corrected chi connectivity index (χ1v) is 10.9. The number of rotatable bonds is 7. The molecule has 0 atom stereocenters. The largest absolute Gasteiger partial charge is 0.467 e. The first kappa shape index (κ1) is 19.9. The molecule has 2 N–H and O–H groups in total. The Kier molecular flexibility index (Phi) is 6.57. The maximum atomic E-state index is 12.3. The highest BCUT2D eigenvalue weighted by atomic mass is 35.5. The first-order chi connectivity index (χ1) is 12.9. The molecule has 3 rings (SSSR count). The number of hydrogen-bond donors (Lipinski definition) is 2. The van der Waals surface area contributed by atoms with Crippen LogP contribution in [0.4, 0.5) is 0 Å². The van der Waals surface area contributed by atoms with Crippen LogP contribution in [0.3, 0.4) is 0 Å². The Bertz CT molecular complexity index is 842. The minimum Gasteiger partial charge on any atom is -0.467 e. The van der Waals surface area contributed by atoms with Gasteiger partial charge >= 0.3 is 0 Å². The average Bonchev–Trinajstić information content (AvgIpc) is 3.19. The van der Waals surface area contributed by atoms with Crippen LogP contribution in [0.1, 0.15) is 31.4 Å². The summed E-state index contributed by atoms with van der Waals surface area (Å²) in [7, 11) is -3.54. The lowest BCUT2D eigenvalue weighted by Gasteiger charge is -2.27. The molecule has 27 heavy (non-hydrogen) atoms. The van der Waals surface area contributed by atoms with Gasteiger partial charge in [0.1, 0.15) is 5.76 Å². The van der Waals surface area contributed by atoms with Crippen molar-refractivity contribution in [1.29, 1.82) is 0 Å². The lowest BCUT2D eigenvalue weighted by atomic mass is 9.81. The molecule has 6 nitrogen and oxygen atoms in total. The highest BCUT2D eigenvalue weighted by Crippen LogP contribution is 2.29. The van der Waals surface area contributed by atoms with Gasteiger partial charge in [-0.15, -0.1) is 0 Å². The second-order valence-corrected chi connectivity index (χ2v) is 9.02. The van der Waals surface area contributed by atoms with Crippen LogP contribution in [0.5, 0.6) is 0 Å². The van der Waals surface area contributed by atoms with Crippen LogP contribution in [-0.4, -0.2) is 20.9 Å². The Balaban J connectivity index is 1.42. The molecule has 0 spiro atoms. The van der Waals surface area contributed by atoms with Gasteiger partial charge in [-0.2, -0.15) is 0 Å². The third-order valence-corrected chi connectivity index (χ3v) is 6.61. The van der Waals surface area contributed by atoms with E-state index in [0.29, 0.717) is 18.1 Å². The van der Waals surface area contributed by atoms with Gasteiger partial charge < -0.3 is 9.73 Å². The van der Waals surface area contributed by atoms with E-state index < -0.39 is 10.0 Å². The Morgan fingerprint density at radius 2 is 1.81 bits per heavy atom. The summed E-state index contributed by atoms with van der Waals surface area (Å²) in [5, 5.41) is 3.39. The van der Waals surface area contributed by atoms with Gasteiger partial charge in [0.05, 0.1) is 17.7 Å². The number of amides is 1. The molecule has 8 heteroatoms. The van der Waals surface area contributed by atoms with E-state index in [0.717, 1.165) is 31.4 Å². The van der Waals surface area contributed by atoms with Crippen molar-refractivity contribution in [3.05, 3.63) is 53.4 Å². The van der Waals surface area contributed by atoms with Crippen molar-refractivity contribution in [3.63, 3.8) is 0 Å². The van der Waals surface area contributed by atoms with Crippen LogP contribution >= 0.6 is 11.6 Å². The summed E-state index contributed by atoms with van der Waals surface area (Å²) < 4.78 is 32.5. The number of carbonyl (C=O) groups excluding carboxylic acids is 1. The van der Waals surface area contributed by atoms with E-state index in [1.54, 1.807) is 24.5 Å². The van der Waals surface area contributed by atoms with E-state index in [9.17, 15) is 13.2 Å². The van der Waals surface area contributed by atoms with Gasteiger partial charge in [0.2, 0.25) is 15.9 Å². The lowest BCUT2D eigenvalue weighted by molar-refractivity contribution is -0.126. The summed E-state index contributed by atoms with van der Waals surface area (Å²) in [5.74, 6) is 0.977. The standard InChI is InChI=1S/C19H23ClN2O4S/c20-16-7-9-18(10-8-16)27(24,25)22-12-14-3-5-15(6-4-14)19(23)21-13-17-2-1-11-26-17/h1-2,7-11,14-15,22H,3-6,12-13H2,(H,21,23). The monoisotopic (exact) mass is 410 g/mol. The Labute approximate surface area is 164 Å². The SMILES string of the molecule is O=C(NCc1ccco1)C1CCC(CNS(=O)(=O)c2ccc(Cl)cc2)CC1. The third-order valence-electron chi connectivity index (χ3n) is 4.92. The molecule has 1 aromatic heterocycles. The lowest BCUT2D eigenvalue weighted by Crippen LogP contribution is -2.35. The molecule has 1 heterocycles. The Hall–Kier alpha value is -1.83. The summed E-state index contributed by atoms with van der Waals surface area (Å²) in [5.41, 5.74) is 0. The molecule has 0 unspecified atom stereocenters. The van der Waals surface area contributed by atoms with Crippen molar-refractivity contribution in [2.24, 2.45) is 11.8 Å². The number of furan rings is 1. The fourth-order valence-corrected chi connectivity index (χ4v) is 4.53. The van der Waals surface area contributed by atoms with Crippen LogP contribution in [0, 0.1) is 11.8 Å². The van der Waals surface area contributed by atoms with Gasteiger partial charge in [-0.1, -0.05) is 11.6 Å². The van der Waals surface area contributed by atoms with Gasteiger partial charge in [0.15, 0.2) is 0 Å². The highest BCUT2D eigenvalue weighted by Gasteiger charge is 2.27. The molecule has 0 radical (unpaired) electrons. The van der Waals surface area contributed by atoms with Crippen LogP contribution in [0.2, 0.25) is 5.02 Å². The molecular formula is C19H23ClN2O4S. The zero-order valence-electron chi connectivity index (χ0n) is 14.9. The summed E-state index contributed by atoms with van der Waals surface area (Å²) in [6.07, 6.45) is 4.75. The molecule has 1 aliphatic carbocycles. The molecule has 1 saturated carbocycles. The molecule has 0 bridgehead atoms. The topological polar surface area (TPSA) is 88.4 Å². The first-order valence-electron chi connectivity index (χ1n) is 8.99. The fraction of sp³-hybridized carbons (Fsp3) is 0.421. The molecule has 1 aliphatic rings. The van der Waals surface area contributed by atoms with E-state index in [-0.39, 0.29) is 22.6 Å². The fourth-order valence-electron chi connectivity index (χ4n) is 3.29. The molecule has 1 amide bonds. The van der Waals surface area contributed by atoms with Crippen LogP contribution < -0.4 is 10.0 Å². The van der Waals surface area contributed by atoms with Crippen LogP contribution in [-0.2, 0) is 21.4 Å². The van der Waals surface area contributed by atoms with Gasteiger partial charge in [-0.25, -0.2) is 13.1 Å². The van der Waals surface area contributed by atoms with Crippen molar-refractivity contribution >= 4 is 27.5 Å². The molecule has 2 aromatic rings. The van der Waals surface area contributed by atoms with E-state index in [2.05, 4.69) is 10.0 Å². The minimum absolute atomic E-state index is 0.0240. The molecule has 1 fully saturated rings. The smallest absolute Gasteiger partial charge is 0.240 e. The second-order valence-electron chi connectivity index (χ2n) is 6.82. The number of carbonyl (C=O) groups is 1. The highest BCUT2D eigenvalue weighted by molar-refractivity contribution is 7.89. The third kappa shape index (κ3) is 5.57.